The number of hydrogen-bond acceptors (Lipinski definition) is 19. The fourth-order valence-corrected chi connectivity index (χ4v) is 10.9. The van der Waals surface area contributed by atoms with Crippen LogP contribution < -0.4 is 14.2 Å². The molecule has 476 valence electrons. The van der Waals surface area contributed by atoms with Crippen LogP contribution in [-0.4, -0.2) is 147 Å². The molecule has 3 fully saturated rings. The Balaban J connectivity index is 1.13. The zero-order valence-corrected chi connectivity index (χ0v) is 50.7. The van der Waals surface area contributed by atoms with Crippen LogP contribution in [0.1, 0.15) is 33.4 Å². The van der Waals surface area contributed by atoms with Crippen LogP contribution >= 0.6 is 0 Å². The first-order valence-corrected chi connectivity index (χ1v) is 29.3. The summed E-state index contributed by atoms with van der Waals surface area (Å²) < 4.78 is 103. The Bertz CT molecular complexity index is 3230. The summed E-state index contributed by atoms with van der Waals surface area (Å²) in [6, 6.07) is 46.7. The number of benzene rings is 6. The molecule has 15 atom stereocenters. The summed E-state index contributed by atoms with van der Waals surface area (Å²) in [5, 5.41) is 12.9. The maximum Gasteiger partial charge on any atom is 0.169 e. The Hall–Kier alpha value is -7.87. The lowest BCUT2D eigenvalue weighted by Crippen LogP contribution is -2.67. The highest BCUT2D eigenvalue weighted by Crippen LogP contribution is 2.39. The van der Waals surface area contributed by atoms with Gasteiger partial charge >= 0.3 is 0 Å². The molecule has 0 N–H and O–H groups in total. The molecule has 3 heterocycles. The van der Waals surface area contributed by atoms with Crippen LogP contribution in [0, 0.1) is 0 Å². The number of hydrogen-bond donors (Lipinski definition) is 0. The van der Waals surface area contributed by atoms with Crippen molar-refractivity contribution in [2.75, 3.05) is 55.4 Å². The summed E-state index contributed by atoms with van der Waals surface area (Å²) in [6.07, 6.45) is -14.1. The monoisotopic (exact) mass is 1240 g/mol. The Kier molecular flexibility index (Phi) is 25.8. The van der Waals surface area contributed by atoms with E-state index in [1.54, 1.807) is 45.6 Å². The third-order valence-electron chi connectivity index (χ3n) is 15.5. The van der Waals surface area contributed by atoms with Gasteiger partial charge in [-0.1, -0.05) is 143 Å². The van der Waals surface area contributed by atoms with Gasteiger partial charge in [0.05, 0.1) is 80.8 Å². The van der Waals surface area contributed by atoms with Crippen molar-refractivity contribution < 1.29 is 75.8 Å². The van der Waals surface area contributed by atoms with Gasteiger partial charge in [-0.15, -0.1) is 0 Å². The smallest absolute Gasteiger partial charge is 0.169 e. The Morgan fingerprint density at radius 3 is 0.922 bits per heavy atom. The van der Waals surface area contributed by atoms with E-state index in [2.05, 4.69) is 30.1 Å². The highest BCUT2D eigenvalue weighted by Gasteiger charge is 2.56. The molecule has 0 unspecified atom stereocenters. The lowest BCUT2D eigenvalue weighted by Gasteiger charge is -2.50. The molecular weight excluding hydrogens is 1160 g/mol. The molecule has 0 amide bonds. The van der Waals surface area contributed by atoms with E-state index in [4.69, 9.17) is 75.8 Å². The quantitative estimate of drug-likeness (QED) is 0.0210. The van der Waals surface area contributed by atoms with Gasteiger partial charge < -0.3 is 75.8 Å². The van der Waals surface area contributed by atoms with E-state index in [1.165, 1.54) is 14.2 Å². The van der Waals surface area contributed by atoms with Crippen LogP contribution in [0.3, 0.4) is 0 Å². The van der Waals surface area contributed by atoms with E-state index < -0.39 is 91.9 Å². The predicted octanol–water partition coefficient (Wildman–Crippen LogP) is 11.1. The van der Waals surface area contributed by atoms with Gasteiger partial charge in [0.2, 0.25) is 0 Å². The van der Waals surface area contributed by atoms with E-state index in [1.807, 2.05) is 140 Å². The topological polar surface area (TPSA) is 294 Å². The van der Waals surface area contributed by atoms with E-state index in [0.29, 0.717) is 22.8 Å². The molecule has 3 aliphatic rings. The molecule has 25 heteroatoms. The number of rotatable bonds is 33. The summed E-state index contributed by atoms with van der Waals surface area (Å²) >= 11 is 0. The number of azide groups is 3. The van der Waals surface area contributed by atoms with Gasteiger partial charge in [0.25, 0.3) is 0 Å². The van der Waals surface area contributed by atoms with Crippen LogP contribution in [0.5, 0.6) is 17.2 Å². The van der Waals surface area contributed by atoms with Gasteiger partial charge in [0.1, 0.15) is 90.3 Å². The molecule has 6 aromatic carbocycles. The molecule has 0 saturated carbocycles. The van der Waals surface area contributed by atoms with Crippen molar-refractivity contribution in [2.24, 2.45) is 15.3 Å². The Morgan fingerprint density at radius 2 is 0.622 bits per heavy atom. The summed E-state index contributed by atoms with van der Waals surface area (Å²) in [5.41, 5.74) is 36.2. The second-order valence-electron chi connectivity index (χ2n) is 21.2. The highest BCUT2D eigenvalue weighted by atomic mass is 16.8. The van der Waals surface area contributed by atoms with Crippen molar-refractivity contribution >= 4 is 0 Å². The van der Waals surface area contributed by atoms with Crippen molar-refractivity contribution in [3.63, 3.8) is 0 Å². The maximum atomic E-state index is 10.7. The lowest BCUT2D eigenvalue weighted by atomic mass is 9.93. The van der Waals surface area contributed by atoms with Crippen molar-refractivity contribution in [2.45, 2.75) is 132 Å². The first-order valence-electron chi connectivity index (χ1n) is 29.3. The molecule has 25 nitrogen and oxygen atoms in total. The SMILES string of the molecule is COc1ccc(CO[C@@H]2[C@@H](N=[N+]=[N-])[C@@H](O[C@@H]3[C@H](OCc4ccc(OC)cc4)[C@@H](N=[N+]=[N-])[C@@H](O[C@@H]4[C@H](OCc5ccc(OC)cc5)[C@@H](N=[N+]=[N-])[C@@H](OC)O[C@@H]4COCc4ccccc4)O[C@@H]3COCc3ccccc3)O[C@H](COCc3ccccc3)[C@@H]2OC)cc1. The fraction of sp³-hybridized carbons (Fsp3) is 0.446. The molecule has 90 heavy (non-hydrogen) atoms. The van der Waals surface area contributed by atoms with Gasteiger partial charge in [-0.2, -0.15) is 0 Å². The molecule has 3 aliphatic heterocycles. The molecule has 6 aromatic rings. The van der Waals surface area contributed by atoms with Crippen molar-refractivity contribution in [1.82, 2.24) is 0 Å². The number of nitrogens with zero attached hydrogens (tertiary/aromatic N) is 9. The fourth-order valence-electron chi connectivity index (χ4n) is 10.9. The van der Waals surface area contributed by atoms with Crippen molar-refractivity contribution in [3.8, 4) is 17.2 Å². The first kappa shape index (κ1) is 66.5. The second kappa shape index (κ2) is 34.9. The lowest BCUT2D eigenvalue weighted by molar-refractivity contribution is -0.358. The second-order valence-corrected chi connectivity index (χ2v) is 21.2. The van der Waals surface area contributed by atoms with E-state index in [0.717, 1.165) is 27.8 Å². The van der Waals surface area contributed by atoms with Gasteiger partial charge in [0.15, 0.2) is 18.9 Å². The van der Waals surface area contributed by atoms with Crippen LogP contribution in [-0.2, 0) is 101 Å². The average molecular weight is 1240 g/mol. The third kappa shape index (κ3) is 18.2. The van der Waals surface area contributed by atoms with Gasteiger partial charge in [-0.3, -0.25) is 0 Å². The normalized spacial score (nSPS) is 26.4. The number of methoxy groups -OCH3 is 5. The van der Waals surface area contributed by atoms with Gasteiger partial charge in [0, 0.05) is 29.0 Å². The van der Waals surface area contributed by atoms with Crippen molar-refractivity contribution in [1.29, 1.82) is 0 Å². The zero-order chi connectivity index (χ0) is 62.9. The highest BCUT2D eigenvalue weighted by molar-refractivity contribution is 5.29. The first-order chi connectivity index (χ1) is 44.3. The molecule has 0 radical (unpaired) electrons. The Labute approximate surface area is 522 Å². The van der Waals surface area contributed by atoms with Crippen LogP contribution in [0.25, 0.3) is 31.3 Å². The van der Waals surface area contributed by atoms with Crippen LogP contribution in [0.15, 0.2) is 179 Å². The van der Waals surface area contributed by atoms with E-state index in [9.17, 15) is 16.6 Å². The summed E-state index contributed by atoms with van der Waals surface area (Å²) in [4.78, 5) is 9.88. The summed E-state index contributed by atoms with van der Waals surface area (Å²) in [5.74, 6) is 1.89. The minimum Gasteiger partial charge on any atom is -0.497 e. The predicted molar refractivity (Wildman–Crippen MR) is 325 cm³/mol. The largest absolute Gasteiger partial charge is 0.497 e. The molecule has 3 saturated heterocycles. The van der Waals surface area contributed by atoms with E-state index >= 15 is 0 Å². The van der Waals surface area contributed by atoms with E-state index in [-0.39, 0.29) is 59.5 Å². The molecule has 0 aliphatic carbocycles. The van der Waals surface area contributed by atoms with Gasteiger partial charge in [-0.25, -0.2) is 0 Å². The minimum absolute atomic E-state index is 0.00842. The van der Waals surface area contributed by atoms with Crippen molar-refractivity contribution in [3.05, 3.63) is 229 Å². The summed E-state index contributed by atoms with van der Waals surface area (Å²) in [6.45, 7) is 0.167. The standard InChI is InChI=1S/C65H75N9O16/c1-75-48-27-21-45(22-28-48)36-83-60-55(70-73-67)64(87-51(57(60)78-4)39-80-33-42-15-9-6-10-16-42)90-59-53(41-82-35-44-19-13-8-14-20-44)88-65(56(71-74-68)62(59)85-38-47-25-31-50(77-3)32-26-47)89-58-52(40-81-34-43-17-11-7-12-18-43)86-63(79-5)54(69-72-66)61(58)84-37-46-23-29-49(76-2)30-24-46/h6-32,51-65H,33-41H2,1-5H3/t51-,52-,53-,54-,55-,56-,57+,58+,59+,60-,61-,62-,63+,64-,65-/m1/s1. The molecular formula is C65H75N9O16. The third-order valence-corrected chi connectivity index (χ3v) is 15.5. The summed E-state index contributed by atoms with van der Waals surface area (Å²) in [7, 11) is 7.65. The average Bonchev–Trinajstić information content (AvgIpc) is 1.02. The number of ether oxygens (including phenoxy) is 16. The molecule has 0 aromatic heterocycles. The Morgan fingerprint density at radius 1 is 0.333 bits per heavy atom. The molecule has 0 spiro atoms. The van der Waals surface area contributed by atoms with Gasteiger partial charge in [-0.05, 0) is 86.4 Å². The van der Waals surface area contributed by atoms with Crippen LogP contribution in [0.2, 0.25) is 0 Å². The molecule has 0 bridgehead atoms. The van der Waals surface area contributed by atoms with Crippen LogP contribution in [0.4, 0.5) is 0 Å². The maximum absolute atomic E-state index is 10.7. The minimum atomic E-state index is -1.53. The zero-order valence-electron chi connectivity index (χ0n) is 50.7. The molecule has 9 rings (SSSR count).